The number of hydrogen-bond donors (Lipinski definition) is 0. The van der Waals surface area contributed by atoms with Crippen molar-refractivity contribution in [3.05, 3.63) is 29.1 Å². The molecule has 2 heteroatoms. The molecule has 0 unspecified atom stereocenters. The summed E-state index contributed by atoms with van der Waals surface area (Å²) in [6.45, 7) is 2.12. The Morgan fingerprint density at radius 2 is 2.08 bits per heavy atom. The fraction of sp³-hybridized carbons (Fsp3) is 0.200. The van der Waals surface area contributed by atoms with Crippen molar-refractivity contribution >= 4 is 21.4 Å². The summed E-state index contributed by atoms with van der Waals surface area (Å²) in [6, 6.07) is 6.25. The van der Waals surface area contributed by atoms with E-state index in [1.165, 1.54) is 15.6 Å². The van der Waals surface area contributed by atoms with Crippen molar-refractivity contribution in [3.8, 4) is 5.75 Å². The van der Waals surface area contributed by atoms with Crippen LogP contribution in [0.15, 0.2) is 23.6 Å². The average molecular weight is 178 g/mol. The van der Waals surface area contributed by atoms with Crippen molar-refractivity contribution in [2.24, 2.45) is 0 Å². The Morgan fingerprint density at radius 1 is 1.25 bits per heavy atom. The molecule has 0 amide bonds. The molecule has 0 saturated carbocycles. The van der Waals surface area contributed by atoms with Crippen LogP contribution in [0, 0.1) is 6.92 Å². The van der Waals surface area contributed by atoms with Gasteiger partial charge in [-0.1, -0.05) is 6.07 Å². The molecule has 0 aliphatic heterocycles. The van der Waals surface area contributed by atoms with Gasteiger partial charge in [-0.25, -0.2) is 0 Å². The summed E-state index contributed by atoms with van der Waals surface area (Å²) >= 11 is 1.73. The van der Waals surface area contributed by atoms with E-state index in [1.807, 2.05) is 6.07 Å². The van der Waals surface area contributed by atoms with Crippen LogP contribution in [-0.2, 0) is 0 Å². The molecule has 0 bridgehead atoms. The van der Waals surface area contributed by atoms with Crippen LogP contribution in [0.25, 0.3) is 10.1 Å². The van der Waals surface area contributed by atoms with E-state index in [2.05, 4.69) is 24.4 Å². The van der Waals surface area contributed by atoms with Crippen LogP contribution in [0.4, 0.5) is 0 Å². The second-order valence-electron chi connectivity index (χ2n) is 2.75. The van der Waals surface area contributed by atoms with E-state index in [0.717, 1.165) is 5.75 Å². The van der Waals surface area contributed by atoms with E-state index in [1.54, 1.807) is 18.4 Å². The summed E-state index contributed by atoms with van der Waals surface area (Å²) in [7, 11) is 1.71. The molecule has 0 N–H and O–H groups in total. The molecule has 2 rings (SSSR count). The molecular formula is C10H10OS. The molecule has 0 atom stereocenters. The van der Waals surface area contributed by atoms with Gasteiger partial charge in [-0.2, -0.15) is 0 Å². The van der Waals surface area contributed by atoms with E-state index < -0.39 is 0 Å². The lowest BCUT2D eigenvalue weighted by Gasteiger charge is -2.02. The highest BCUT2D eigenvalue weighted by Gasteiger charge is 2.03. The lowest BCUT2D eigenvalue weighted by molar-refractivity contribution is 0.420. The minimum absolute atomic E-state index is 0.977. The van der Waals surface area contributed by atoms with Gasteiger partial charge >= 0.3 is 0 Å². The number of hydrogen-bond acceptors (Lipinski definition) is 2. The zero-order valence-corrected chi connectivity index (χ0v) is 7.94. The highest BCUT2D eigenvalue weighted by Crippen LogP contribution is 2.32. The summed E-state index contributed by atoms with van der Waals surface area (Å²) in [4.78, 5) is 0. The Morgan fingerprint density at radius 3 is 2.83 bits per heavy atom. The Kier molecular flexibility index (Phi) is 1.77. The van der Waals surface area contributed by atoms with Crippen LogP contribution in [0.2, 0.25) is 0 Å². The fourth-order valence-electron chi connectivity index (χ4n) is 1.34. The largest absolute Gasteiger partial charge is 0.495 e. The van der Waals surface area contributed by atoms with Gasteiger partial charge in [-0.3, -0.25) is 0 Å². The van der Waals surface area contributed by atoms with E-state index in [9.17, 15) is 0 Å². The van der Waals surface area contributed by atoms with Gasteiger partial charge in [-0.05, 0) is 35.4 Å². The number of benzene rings is 1. The van der Waals surface area contributed by atoms with Crippen LogP contribution < -0.4 is 4.74 Å². The maximum atomic E-state index is 5.25. The molecule has 0 saturated heterocycles. The fourth-order valence-corrected chi connectivity index (χ4v) is 2.30. The predicted molar refractivity (Wildman–Crippen MR) is 53.1 cm³/mol. The SMILES string of the molecule is COc1ccc(C)c2ccsc12. The first-order chi connectivity index (χ1) is 5.83. The molecule has 0 fully saturated rings. The van der Waals surface area contributed by atoms with Crippen LogP contribution in [0.1, 0.15) is 5.56 Å². The summed E-state index contributed by atoms with van der Waals surface area (Å²) in [5.74, 6) is 0.977. The summed E-state index contributed by atoms with van der Waals surface area (Å²) in [5.41, 5.74) is 1.31. The van der Waals surface area contributed by atoms with E-state index in [-0.39, 0.29) is 0 Å². The second-order valence-corrected chi connectivity index (χ2v) is 3.66. The number of methoxy groups -OCH3 is 1. The molecule has 1 heterocycles. The van der Waals surface area contributed by atoms with Gasteiger partial charge in [0.05, 0.1) is 11.8 Å². The Hall–Kier alpha value is -1.02. The van der Waals surface area contributed by atoms with Crippen LogP contribution in [0.3, 0.4) is 0 Å². The molecule has 1 aromatic heterocycles. The molecule has 62 valence electrons. The third-order valence-corrected chi connectivity index (χ3v) is 2.95. The predicted octanol–water partition coefficient (Wildman–Crippen LogP) is 3.22. The molecule has 1 aromatic carbocycles. The minimum Gasteiger partial charge on any atom is -0.495 e. The molecule has 0 aliphatic rings. The molecular weight excluding hydrogens is 168 g/mol. The van der Waals surface area contributed by atoms with Crippen molar-refractivity contribution in [1.29, 1.82) is 0 Å². The van der Waals surface area contributed by atoms with Gasteiger partial charge < -0.3 is 4.74 Å². The average Bonchev–Trinajstić information content (AvgIpc) is 2.54. The zero-order chi connectivity index (χ0) is 8.55. The highest BCUT2D eigenvalue weighted by molar-refractivity contribution is 7.17. The maximum Gasteiger partial charge on any atom is 0.136 e. The number of fused-ring (bicyclic) bond motifs is 1. The molecule has 1 nitrogen and oxygen atoms in total. The van der Waals surface area contributed by atoms with Gasteiger partial charge in [0.2, 0.25) is 0 Å². The van der Waals surface area contributed by atoms with E-state index in [4.69, 9.17) is 4.74 Å². The maximum absolute atomic E-state index is 5.25. The highest BCUT2D eigenvalue weighted by atomic mass is 32.1. The third-order valence-electron chi connectivity index (χ3n) is 2.02. The lowest BCUT2D eigenvalue weighted by atomic mass is 10.1. The number of aryl methyl sites for hydroxylation is 1. The molecule has 0 aliphatic carbocycles. The van der Waals surface area contributed by atoms with Gasteiger partial charge in [0.25, 0.3) is 0 Å². The smallest absolute Gasteiger partial charge is 0.136 e. The number of ether oxygens (including phenoxy) is 1. The zero-order valence-electron chi connectivity index (χ0n) is 7.13. The standard InChI is InChI=1S/C10H10OS/c1-7-3-4-9(11-2)10-8(7)5-6-12-10/h3-6H,1-2H3. The Labute approximate surface area is 75.6 Å². The van der Waals surface area contributed by atoms with Crippen molar-refractivity contribution in [2.45, 2.75) is 6.92 Å². The van der Waals surface area contributed by atoms with Crippen LogP contribution >= 0.6 is 11.3 Å². The normalized spacial score (nSPS) is 10.5. The van der Waals surface area contributed by atoms with Crippen LogP contribution in [0.5, 0.6) is 5.75 Å². The van der Waals surface area contributed by atoms with Gasteiger partial charge in [0.1, 0.15) is 5.75 Å². The van der Waals surface area contributed by atoms with E-state index >= 15 is 0 Å². The Bertz CT molecular complexity index is 403. The molecule has 0 spiro atoms. The molecule has 12 heavy (non-hydrogen) atoms. The number of thiophene rings is 1. The van der Waals surface area contributed by atoms with Crippen molar-refractivity contribution in [3.63, 3.8) is 0 Å². The first kappa shape index (κ1) is 7.62. The van der Waals surface area contributed by atoms with Gasteiger partial charge in [0, 0.05) is 0 Å². The first-order valence-electron chi connectivity index (χ1n) is 3.83. The first-order valence-corrected chi connectivity index (χ1v) is 4.71. The van der Waals surface area contributed by atoms with Crippen molar-refractivity contribution in [2.75, 3.05) is 7.11 Å². The second kappa shape index (κ2) is 2.79. The summed E-state index contributed by atoms with van der Waals surface area (Å²) in [5, 5.41) is 3.40. The van der Waals surface area contributed by atoms with E-state index in [0.29, 0.717) is 0 Å². The monoisotopic (exact) mass is 178 g/mol. The lowest BCUT2D eigenvalue weighted by Crippen LogP contribution is -1.82. The quantitative estimate of drug-likeness (QED) is 0.651. The van der Waals surface area contributed by atoms with Crippen molar-refractivity contribution in [1.82, 2.24) is 0 Å². The molecule has 2 aromatic rings. The third kappa shape index (κ3) is 0.994. The van der Waals surface area contributed by atoms with Gasteiger partial charge in [-0.15, -0.1) is 11.3 Å². The molecule has 0 radical (unpaired) electrons. The minimum atomic E-state index is 0.977. The summed E-state index contributed by atoms with van der Waals surface area (Å²) in [6.07, 6.45) is 0. The Balaban J connectivity index is 2.82. The van der Waals surface area contributed by atoms with Crippen molar-refractivity contribution < 1.29 is 4.74 Å². The topological polar surface area (TPSA) is 9.23 Å². The van der Waals surface area contributed by atoms with Gasteiger partial charge in [0.15, 0.2) is 0 Å². The van der Waals surface area contributed by atoms with Crippen LogP contribution in [-0.4, -0.2) is 7.11 Å². The number of rotatable bonds is 1. The summed E-state index contributed by atoms with van der Waals surface area (Å²) < 4.78 is 6.50.